The monoisotopic (exact) mass is 750 g/mol. The van der Waals surface area contributed by atoms with Gasteiger partial charge in [-0.05, 0) is 66.6 Å². The summed E-state index contributed by atoms with van der Waals surface area (Å²) in [6.45, 7) is 1.66. The first-order valence-electron chi connectivity index (χ1n) is 16.5. The number of alkyl halides is 3. The third kappa shape index (κ3) is 7.65. The number of esters is 1. The van der Waals surface area contributed by atoms with Crippen molar-refractivity contribution in [1.29, 1.82) is 0 Å². The van der Waals surface area contributed by atoms with Gasteiger partial charge in [-0.2, -0.15) is 13.2 Å². The van der Waals surface area contributed by atoms with Gasteiger partial charge in [0.15, 0.2) is 0 Å². The average Bonchev–Trinajstić information content (AvgIpc) is 3.42. The highest BCUT2D eigenvalue weighted by atomic mass is 32.2. The SMILES string of the molecule is Cc1nc2cc(S(=O)(=O)N(C)c3ccc([C@H]4CC(=O)C[C@@H](C(=O)Nc5ccc(C(F)(F)F)cc5F)[C@@H]4C(=O)OCc4ccccc4)cc3)ccc2n1C. The van der Waals surface area contributed by atoms with Crippen LogP contribution in [0.15, 0.2) is 95.9 Å². The summed E-state index contributed by atoms with van der Waals surface area (Å²) in [5.41, 5.74) is 0.824. The maximum Gasteiger partial charge on any atom is 0.416 e. The number of imidazole rings is 1. The minimum absolute atomic E-state index is 0.0205. The molecule has 15 heteroatoms. The Morgan fingerprint density at radius 3 is 2.34 bits per heavy atom. The molecule has 1 N–H and O–H groups in total. The van der Waals surface area contributed by atoms with Crippen molar-refractivity contribution in [2.45, 2.75) is 43.4 Å². The molecule has 0 spiro atoms. The van der Waals surface area contributed by atoms with Crippen LogP contribution in [0.2, 0.25) is 0 Å². The van der Waals surface area contributed by atoms with Gasteiger partial charge in [0.1, 0.15) is 24.0 Å². The quantitative estimate of drug-likeness (QED) is 0.128. The Labute approximate surface area is 302 Å². The smallest absolute Gasteiger partial charge is 0.416 e. The second-order valence-electron chi connectivity index (χ2n) is 12.9. The van der Waals surface area contributed by atoms with Crippen LogP contribution < -0.4 is 9.62 Å². The summed E-state index contributed by atoms with van der Waals surface area (Å²) in [5.74, 6) is -6.35. The second-order valence-corrected chi connectivity index (χ2v) is 14.9. The zero-order valence-corrected chi connectivity index (χ0v) is 29.5. The lowest BCUT2D eigenvalue weighted by Gasteiger charge is -2.35. The van der Waals surface area contributed by atoms with Crippen LogP contribution in [0.5, 0.6) is 0 Å². The number of aryl methyl sites for hydroxylation is 2. The van der Waals surface area contributed by atoms with E-state index in [1.165, 1.54) is 31.3 Å². The number of aromatic nitrogens is 2. The number of sulfonamides is 1. The number of carbonyl (C=O) groups is 3. The van der Waals surface area contributed by atoms with Gasteiger partial charge in [0.25, 0.3) is 10.0 Å². The molecule has 0 unspecified atom stereocenters. The molecule has 1 aliphatic carbocycles. The minimum Gasteiger partial charge on any atom is -0.461 e. The van der Waals surface area contributed by atoms with Crippen LogP contribution in [0.1, 0.15) is 41.3 Å². The van der Waals surface area contributed by atoms with Gasteiger partial charge in [-0.15, -0.1) is 0 Å². The summed E-state index contributed by atoms with van der Waals surface area (Å²) in [7, 11) is -0.837. The van der Waals surface area contributed by atoms with E-state index in [9.17, 15) is 40.4 Å². The van der Waals surface area contributed by atoms with E-state index in [0.29, 0.717) is 28.5 Å². The van der Waals surface area contributed by atoms with Gasteiger partial charge < -0.3 is 14.6 Å². The van der Waals surface area contributed by atoms with E-state index in [1.807, 2.05) is 18.5 Å². The van der Waals surface area contributed by atoms with Crippen LogP contribution in [0.3, 0.4) is 0 Å². The fourth-order valence-electron chi connectivity index (χ4n) is 6.55. The number of nitrogens with one attached hydrogen (secondary N) is 1. The Bertz CT molecular complexity index is 2310. The van der Waals surface area contributed by atoms with E-state index in [-0.39, 0.29) is 35.5 Å². The summed E-state index contributed by atoms with van der Waals surface area (Å²) in [6.07, 6.45) is -5.39. The highest BCUT2D eigenvalue weighted by Crippen LogP contribution is 2.42. The number of hydrogen-bond acceptors (Lipinski definition) is 7. The van der Waals surface area contributed by atoms with Gasteiger partial charge in [-0.3, -0.25) is 18.7 Å². The number of anilines is 2. The molecule has 6 rings (SSSR count). The summed E-state index contributed by atoms with van der Waals surface area (Å²) in [6, 6.07) is 21.1. The molecular formula is C38H34F4N4O6S. The molecule has 0 radical (unpaired) electrons. The van der Waals surface area contributed by atoms with E-state index < -0.39 is 69.3 Å². The number of hydrogen-bond donors (Lipinski definition) is 1. The zero-order chi connectivity index (χ0) is 38.2. The maximum atomic E-state index is 14.7. The molecule has 53 heavy (non-hydrogen) atoms. The van der Waals surface area contributed by atoms with Gasteiger partial charge in [0, 0.05) is 32.9 Å². The van der Waals surface area contributed by atoms with E-state index in [0.717, 1.165) is 15.9 Å². The van der Waals surface area contributed by atoms with Crippen molar-refractivity contribution in [2.24, 2.45) is 18.9 Å². The number of Topliss-reactive ketones (excluding diaryl/α,β-unsaturated/α-hetero) is 1. The molecule has 0 bridgehead atoms. The lowest BCUT2D eigenvalue weighted by Crippen LogP contribution is -2.43. The van der Waals surface area contributed by atoms with Crippen LogP contribution in [0.4, 0.5) is 28.9 Å². The maximum absolute atomic E-state index is 14.7. The standard InChI is InChI=1S/C38H34F4N4O6S/c1-22-43-33-20-28(14-16-34(33)45(22)2)53(50,51)46(3)26-12-9-24(10-13-26)29-18-27(47)19-30(35(29)37(49)52-21-23-7-5-4-6-8-23)36(48)44-32-15-11-25(17-31(32)39)38(40,41)42/h4-17,20,29-30,35H,18-19,21H2,1-3H3,(H,44,48)/t29-,30-,35-/m1/s1. The van der Waals surface area contributed by atoms with Crippen molar-refractivity contribution in [1.82, 2.24) is 9.55 Å². The van der Waals surface area contributed by atoms with Crippen LogP contribution in [-0.4, -0.2) is 42.7 Å². The number of ether oxygens (including phenoxy) is 1. The van der Waals surface area contributed by atoms with Gasteiger partial charge in [0.05, 0.1) is 44.7 Å². The van der Waals surface area contributed by atoms with E-state index in [2.05, 4.69) is 10.3 Å². The van der Waals surface area contributed by atoms with Crippen molar-refractivity contribution in [3.63, 3.8) is 0 Å². The van der Waals surface area contributed by atoms with E-state index in [1.54, 1.807) is 48.5 Å². The third-order valence-corrected chi connectivity index (χ3v) is 11.3. The number of benzene rings is 4. The van der Waals surface area contributed by atoms with Gasteiger partial charge in [-0.1, -0.05) is 42.5 Å². The molecule has 3 atom stereocenters. The summed E-state index contributed by atoms with van der Waals surface area (Å²) >= 11 is 0. The van der Waals surface area contributed by atoms with E-state index >= 15 is 0 Å². The molecule has 1 amide bonds. The van der Waals surface area contributed by atoms with Gasteiger partial charge in [0.2, 0.25) is 5.91 Å². The highest BCUT2D eigenvalue weighted by Gasteiger charge is 2.47. The predicted molar refractivity (Wildman–Crippen MR) is 188 cm³/mol. The molecule has 1 aromatic heterocycles. The van der Waals surface area contributed by atoms with Gasteiger partial charge >= 0.3 is 12.1 Å². The fourth-order valence-corrected chi connectivity index (χ4v) is 7.77. The number of ketones is 1. The van der Waals surface area contributed by atoms with Crippen molar-refractivity contribution in [3.05, 3.63) is 119 Å². The fraction of sp³-hybridized carbons (Fsp3) is 0.263. The molecule has 4 aromatic carbocycles. The number of carbonyl (C=O) groups excluding carboxylic acids is 3. The Kier molecular flexibility index (Phi) is 10.1. The normalized spacial score (nSPS) is 17.8. The third-order valence-electron chi connectivity index (χ3n) is 9.57. The lowest BCUT2D eigenvalue weighted by molar-refractivity contribution is -0.157. The molecule has 1 saturated carbocycles. The Hall–Kier alpha value is -5.57. The first-order chi connectivity index (χ1) is 25.0. The minimum atomic E-state index is -4.82. The van der Waals surface area contributed by atoms with Crippen molar-refractivity contribution >= 4 is 50.1 Å². The van der Waals surface area contributed by atoms with Crippen molar-refractivity contribution in [2.75, 3.05) is 16.7 Å². The molecule has 0 saturated heterocycles. The average molecular weight is 751 g/mol. The molecule has 1 heterocycles. The zero-order valence-electron chi connectivity index (χ0n) is 28.7. The highest BCUT2D eigenvalue weighted by molar-refractivity contribution is 7.92. The first kappa shape index (κ1) is 37.2. The summed E-state index contributed by atoms with van der Waals surface area (Å²) < 4.78 is 90.0. The largest absolute Gasteiger partial charge is 0.461 e. The Balaban J connectivity index is 1.29. The predicted octanol–water partition coefficient (Wildman–Crippen LogP) is 6.93. The van der Waals surface area contributed by atoms with Gasteiger partial charge in [-0.25, -0.2) is 17.8 Å². The molecule has 10 nitrogen and oxygen atoms in total. The number of halogens is 4. The van der Waals surface area contributed by atoms with Crippen LogP contribution in [0.25, 0.3) is 11.0 Å². The number of amides is 1. The summed E-state index contributed by atoms with van der Waals surface area (Å²) in [4.78, 5) is 45.1. The van der Waals surface area contributed by atoms with Crippen molar-refractivity contribution < 1.29 is 45.1 Å². The Morgan fingerprint density at radius 1 is 0.981 bits per heavy atom. The molecule has 276 valence electrons. The number of fused-ring (bicyclic) bond motifs is 1. The molecule has 0 aliphatic heterocycles. The topological polar surface area (TPSA) is 128 Å². The number of rotatable bonds is 9. The van der Waals surface area contributed by atoms with Crippen molar-refractivity contribution in [3.8, 4) is 0 Å². The number of nitrogens with zero attached hydrogens (tertiary/aromatic N) is 3. The van der Waals surface area contributed by atoms with Crippen LogP contribution in [-0.2, 0) is 49.0 Å². The second kappa shape index (κ2) is 14.5. The molecule has 1 fully saturated rings. The lowest BCUT2D eigenvalue weighted by atomic mass is 9.68. The first-order valence-corrected chi connectivity index (χ1v) is 17.9. The van der Waals surface area contributed by atoms with E-state index in [4.69, 9.17) is 4.74 Å². The molecular weight excluding hydrogens is 716 g/mol. The molecule has 5 aromatic rings. The summed E-state index contributed by atoms with van der Waals surface area (Å²) in [5, 5.41) is 2.26. The molecule has 1 aliphatic rings. The van der Waals surface area contributed by atoms with Crippen LogP contribution in [0, 0.1) is 24.6 Å². The Morgan fingerprint density at radius 2 is 1.68 bits per heavy atom. The van der Waals surface area contributed by atoms with Crippen LogP contribution >= 0.6 is 0 Å².